The molecule has 0 aromatic heterocycles. The predicted molar refractivity (Wildman–Crippen MR) is 139 cm³/mol. The minimum Gasteiger partial charge on any atom is -0.347 e. The number of unbranched alkanes of at least 4 members (excludes halogenated alkanes) is 1. The van der Waals surface area contributed by atoms with Gasteiger partial charge in [0.1, 0.15) is 5.54 Å². The maximum absolute atomic E-state index is 13.7. The van der Waals surface area contributed by atoms with Gasteiger partial charge in [-0.2, -0.15) is 17.4 Å². The topological polar surface area (TPSA) is 145 Å². The second-order valence-corrected chi connectivity index (χ2v) is 12.3. The zero-order chi connectivity index (χ0) is 27.1. The average molecular weight is 542 g/mol. The smallest absolute Gasteiger partial charge is 0.289 e. The average Bonchev–Trinajstić information content (AvgIpc) is 3.39. The number of hydrogen-bond donors (Lipinski definition) is 3. The number of carbonyl (C=O) groups excluding carboxylic acids is 4. The lowest BCUT2D eigenvalue weighted by Gasteiger charge is -2.40. The fourth-order valence-corrected chi connectivity index (χ4v) is 7.11. The lowest BCUT2D eigenvalue weighted by molar-refractivity contribution is -0.141. The van der Waals surface area contributed by atoms with Gasteiger partial charge in [-0.1, -0.05) is 51.9 Å². The molecule has 0 unspecified atom stereocenters. The predicted octanol–water partition coefficient (Wildman–Crippen LogP) is 0.991. The van der Waals surface area contributed by atoms with E-state index in [-0.39, 0.29) is 25.0 Å². The molecule has 210 valence electrons. The summed E-state index contributed by atoms with van der Waals surface area (Å²) in [5, 5.41) is 5.57. The fourth-order valence-electron chi connectivity index (χ4n) is 5.54. The molecule has 1 heterocycles. The molecule has 1 aliphatic heterocycles. The molecule has 12 heteroatoms. The number of nitrogens with zero attached hydrogens (tertiary/aromatic N) is 2. The highest BCUT2D eigenvalue weighted by Crippen LogP contribution is 2.30. The number of carbonyl (C=O) groups is 4. The van der Waals surface area contributed by atoms with Crippen LogP contribution in [-0.2, 0) is 29.4 Å². The van der Waals surface area contributed by atoms with E-state index in [0.29, 0.717) is 51.6 Å². The molecule has 0 aromatic carbocycles. The molecule has 37 heavy (non-hydrogen) atoms. The fraction of sp³-hybridized carbons (Fsp3) is 0.840. The zero-order valence-corrected chi connectivity index (χ0v) is 23.0. The van der Waals surface area contributed by atoms with E-state index in [9.17, 15) is 27.6 Å². The normalized spacial score (nSPS) is 21.8. The van der Waals surface area contributed by atoms with Crippen LogP contribution in [0.25, 0.3) is 0 Å². The van der Waals surface area contributed by atoms with Crippen molar-refractivity contribution in [1.29, 1.82) is 0 Å². The summed E-state index contributed by atoms with van der Waals surface area (Å²) in [5.74, 6) is -2.02. The van der Waals surface area contributed by atoms with Crippen molar-refractivity contribution in [1.82, 2.24) is 24.6 Å². The van der Waals surface area contributed by atoms with Crippen LogP contribution in [0, 0.1) is 0 Å². The number of rotatable bonds is 11. The molecule has 3 amide bonds. The molecule has 0 radical (unpaired) electrons. The van der Waals surface area contributed by atoms with Crippen LogP contribution in [0.15, 0.2) is 0 Å². The summed E-state index contributed by atoms with van der Waals surface area (Å²) < 4.78 is 30.6. The molecule has 0 aromatic rings. The summed E-state index contributed by atoms with van der Waals surface area (Å²) in [6, 6.07) is -1.02. The molecule has 0 spiro atoms. The van der Waals surface area contributed by atoms with Crippen LogP contribution < -0.4 is 15.4 Å². The van der Waals surface area contributed by atoms with Crippen LogP contribution >= 0.6 is 0 Å². The first kappa shape index (κ1) is 29.5. The van der Waals surface area contributed by atoms with Crippen LogP contribution in [0.5, 0.6) is 0 Å². The third kappa shape index (κ3) is 7.73. The van der Waals surface area contributed by atoms with Crippen LogP contribution in [0.3, 0.4) is 0 Å². The van der Waals surface area contributed by atoms with E-state index in [0.717, 1.165) is 38.5 Å². The van der Waals surface area contributed by atoms with Crippen molar-refractivity contribution < 1.29 is 27.6 Å². The quantitative estimate of drug-likeness (QED) is 0.333. The van der Waals surface area contributed by atoms with E-state index in [1.807, 2.05) is 6.92 Å². The summed E-state index contributed by atoms with van der Waals surface area (Å²) in [6.07, 6.45) is 8.32. The standard InChI is InChI=1S/C25H43N5O6S/c1-3-4-12-21(22(32)23(33)26-20-10-6-7-11-20)27-24(34)25(13-8-5-9-14-25)28-37(35,36)30-17-15-29(16-18-30)19(2)31/h20-21,28H,3-18H2,1-2H3,(H,26,33)(H,27,34)/t21-/m0/s1. The van der Waals surface area contributed by atoms with Gasteiger partial charge in [-0.15, -0.1) is 0 Å². The molecule has 1 saturated heterocycles. The SMILES string of the molecule is CCCC[C@H](NC(=O)C1(NS(=O)(=O)N2CCN(C(C)=O)CC2)CCCCC1)C(=O)C(=O)NC1CCCC1. The molecule has 3 aliphatic rings. The van der Waals surface area contributed by atoms with Crippen molar-refractivity contribution in [2.75, 3.05) is 26.2 Å². The monoisotopic (exact) mass is 541 g/mol. The first-order valence-corrected chi connectivity index (χ1v) is 15.2. The van der Waals surface area contributed by atoms with Gasteiger partial charge in [0.15, 0.2) is 0 Å². The van der Waals surface area contributed by atoms with Gasteiger partial charge in [0.25, 0.3) is 16.1 Å². The summed E-state index contributed by atoms with van der Waals surface area (Å²) in [7, 11) is -4.02. The van der Waals surface area contributed by atoms with Crippen molar-refractivity contribution >= 4 is 33.7 Å². The Kier molecular flexibility index (Phi) is 10.5. The van der Waals surface area contributed by atoms with Gasteiger partial charge in [-0.05, 0) is 32.1 Å². The maximum atomic E-state index is 13.7. The molecule has 2 aliphatic carbocycles. The number of amides is 3. The minimum atomic E-state index is -4.02. The highest BCUT2D eigenvalue weighted by molar-refractivity contribution is 7.87. The molecular weight excluding hydrogens is 498 g/mol. The number of hydrogen-bond acceptors (Lipinski definition) is 6. The van der Waals surface area contributed by atoms with Gasteiger partial charge in [0.2, 0.25) is 17.6 Å². The Morgan fingerprint density at radius 2 is 1.57 bits per heavy atom. The number of nitrogens with one attached hydrogen (secondary N) is 3. The second kappa shape index (κ2) is 13.1. The third-order valence-corrected chi connectivity index (χ3v) is 9.57. The van der Waals surface area contributed by atoms with Crippen LogP contribution in [0.4, 0.5) is 0 Å². The first-order chi connectivity index (χ1) is 17.6. The minimum absolute atomic E-state index is 0.0149. The molecule has 11 nitrogen and oxygen atoms in total. The van der Waals surface area contributed by atoms with Gasteiger partial charge in [-0.25, -0.2) is 0 Å². The summed E-state index contributed by atoms with van der Waals surface area (Å²) in [4.78, 5) is 52.7. The van der Waals surface area contributed by atoms with E-state index in [1.54, 1.807) is 4.90 Å². The second-order valence-electron chi connectivity index (χ2n) is 10.6. The van der Waals surface area contributed by atoms with E-state index in [1.165, 1.54) is 11.2 Å². The molecule has 2 saturated carbocycles. The lowest BCUT2D eigenvalue weighted by Crippen LogP contribution is -2.65. The van der Waals surface area contributed by atoms with Crippen LogP contribution in [0.2, 0.25) is 0 Å². The van der Waals surface area contributed by atoms with E-state index < -0.39 is 39.4 Å². The summed E-state index contributed by atoms with van der Waals surface area (Å²) in [6.45, 7) is 4.29. The number of piperazine rings is 1. The van der Waals surface area contributed by atoms with Crippen molar-refractivity contribution in [3.05, 3.63) is 0 Å². The van der Waals surface area contributed by atoms with Gasteiger partial charge in [-0.3, -0.25) is 19.2 Å². The molecule has 3 N–H and O–H groups in total. The van der Waals surface area contributed by atoms with Crippen LogP contribution in [0.1, 0.15) is 90.9 Å². The maximum Gasteiger partial charge on any atom is 0.289 e. The van der Waals surface area contributed by atoms with Crippen molar-refractivity contribution in [3.8, 4) is 0 Å². The Morgan fingerprint density at radius 3 is 2.14 bits per heavy atom. The van der Waals surface area contributed by atoms with Gasteiger partial charge >= 0.3 is 0 Å². The van der Waals surface area contributed by atoms with Crippen molar-refractivity contribution in [2.45, 2.75) is 109 Å². The van der Waals surface area contributed by atoms with E-state index in [4.69, 9.17) is 0 Å². The molecular formula is C25H43N5O6S. The lowest BCUT2D eigenvalue weighted by atomic mass is 9.81. The number of ketones is 1. The molecule has 3 rings (SSSR count). The van der Waals surface area contributed by atoms with E-state index in [2.05, 4.69) is 15.4 Å². The van der Waals surface area contributed by atoms with Gasteiger partial charge in [0.05, 0.1) is 6.04 Å². The Balaban J connectivity index is 1.72. The molecule has 1 atom stereocenters. The Hall–Kier alpha value is -2.05. The first-order valence-electron chi connectivity index (χ1n) is 13.8. The zero-order valence-electron chi connectivity index (χ0n) is 22.2. The summed E-state index contributed by atoms with van der Waals surface area (Å²) >= 11 is 0. The molecule has 0 bridgehead atoms. The van der Waals surface area contributed by atoms with Crippen LogP contribution in [-0.4, -0.2) is 84.9 Å². The van der Waals surface area contributed by atoms with Gasteiger partial charge < -0.3 is 15.5 Å². The Bertz CT molecular complexity index is 935. The Morgan fingerprint density at radius 1 is 0.946 bits per heavy atom. The van der Waals surface area contributed by atoms with E-state index >= 15 is 0 Å². The van der Waals surface area contributed by atoms with Gasteiger partial charge in [0, 0.05) is 39.1 Å². The third-order valence-electron chi connectivity index (χ3n) is 7.87. The van der Waals surface area contributed by atoms with Crippen molar-refractivity contribution in [2.24, 2.45) is 0 Å². The largest absolute Gasteiger partial charge is 0.347 e. The summed E-state index contributed by atoms with van der Waals surface area (Å²) in [5.41, 5.74) is -1.39. The highest BCUT2D eigenvalue weighted by atomic mass is 32.2. The highest BCUT2D eigenvalue weighted by Gasteiger charge is 2.46. The number of Topliss-reactive ketones (excluding diaryl/α,β-unsaturated/α-hetero) is 1. The van der Waals surface area contributed by atoms with Crippen molar-refractivity contribution in [3.63, 3.8) is 0 Å². The Labute approximate surface area is 220 Å². The molecule has 3 fully saturated rings.